The Morgan fingerprint density at radius 3 is 2.90 bits per heavy atom. The Hall–Kier alpha value is -2.08. The van der Waals surface area contributed by atoms with Crippen molar-refractivity contribution < 1.29 is 9.53 Å². The van der Waals surface area contributed by atoms with E-state index in [0.29, 0.717) is 12.4 Å². The average Bonchev–Trinajstić information content (AvgIpc) is 3.01. The summed E-state index contributed by atoms with van der Waals surface area (Å²) in [4.78, 5) is 17.3. The van der Waals surface area contributed by atoms with Crippen molar-refractivity contribution in [2.45, 2.75) is 19.4 Å². The monoisotopic (exact) mass is 305 g/mol. The lowest BCUT2D eigenvalue weighted by molar-refractivity contribution is -0.121. The van der Waals surface area contributed by atoms with E-state index in [0.717, 1.165) is 12.1 Å². The lowest BCUT2D eigenvalue weighted by Crippen LogP contribution is -2.38. The molecule has 0 aromatic carbocycles. The second-order valence-electron chi connectivity index (χ2n) is 4.58. The second kappa shape index (κ2) is 7.64. The number of aromatic nitrogens is 1. The molecule has 0 radical (unpaired) electrons. The highest BCUT2D eigenvalue weighted by atomic mass is 32.1. The molecule has 1 atom stereocenters. The minimum atomic E-state index is -0.316. The Balaban J connectivity index is 1.76. The first-order chi connectivity index (χ1) is 10.2. The molecule has 0 aliphatic carbocycles. The predicted molar refractivity (Wildman–Crippen MR) is 84.9 cm³/mol. The molecule has 112 valence electrons. The van der Waals surface area contributed by atoms with E-state index in [4.69, 9.17) is 4.74 Å². The van der Waals surface area contributed by atoms with Gasteiger partial charge in [0.1, 0.15) is 6.04 Å². The lowest BCUT2D eigenvalue weighted by atomic mass is 10.2. The minimum Gasteiger partial charge on any atom is -0.481 e. The molecule has 2 aromatic rings. The van der Waals surface area contributed by atoms with Crippen LogP contribution >= 0.6 is 11.3 Å². The van der Waals surface area contributed by atoms with Gasteiger partial charge >= 0.3 is 0 Å². The van der Waals surface area contributed by atoms with Gasteiger partial charge in [0.15, 0.2) is 0 Å². The third-order valence-corrected chi connectivity index (χ3v) is 3.91. The van der Waals surface area contributed by atoms with Crippen molar-refractivity contribution in [3.8, 4) is 5.88 Å². The maximum Gasteiger partial charge on any atom is 0.242 e. The van der Waals surface area contributed by atoms with Gasteiger partial charge in [-0.15, -0.1) is 11.3 Å². The van der Waals surface area contributed by atoms with E-state index in [2.05, 4.69) is 21.7 Å². The maximum absolute atomic E-state index is 12.0. The molecular weight excluding hydrogens is 286 g/mol. The third kappa shape index (κ3) is 4.75. The zero-order valence-electron chi connectivity index (χ0n) is 12.1. The van der Waals surface area contributed by atoms with E-state index in [-0.39, 0.29) is 11.9 Å². The lowest BCUT2D eigenvalue weighted by Gasteiger charge is -2.15. The Bertz CT molecular complexity index is 555. The molecule has 0 saturated carbocycles. The number of hydrogen-bond donors (Lipinski definition) is 2. The largest absolute Gasteiger partial charge is 0.481 e. The standard InChI is InChI=1S/C15H19N3O2S/c1-11(18-12-5-6-14(20-2)17-10-12)15(19)16-8-7-13-4-3-9-21-13/h3-6,9-11,18H,7-8H2,1-2H3,(H,16,19)/t11-/m0/s1. The Labute approximate surface area is 128 Å². The van der Waals surface area contributed by atoms with Crippen LogP contribution in [-0.2, 0) is 11.2 Å². The molecule has 21 heavy (non-hydrogen) atoms. The van der Waals surface area contributed by atoms with E-state index in [9.17, 15) is 4.79 Å². The first-order valence-electron chi connectivity index (χ1n) is 6.75. The first-order valence-corrected chi connectivity index (χ1v) is 7.63. The van der Waals surface area contributed by atoms with Gasteiger partial charge in [-0.2, -0.15) is 0 Å². The van der Waals surface area contributed by atoms with Gasteiger partial charge in [-0.25, -0.2) is 4.98 Å². The highest BCUT2D eigenvalue weighted by Gasteiger charge is 2.12. The normalized spacial score (nSPS) is 11.7. The molecule has 1 amide bonds. The molecule has 0 fully saturated rings. The van der Waals surface area contributed by atoms with Gasteiger partial charge < -0.3 is 15.4 Å². The topological polar surface area (TPSA) is 63.2 Å². The van der Waals surface area contributed by atoms with Crippen LogP contribution in [0.5, 0.6) is 5.88 Å². The number of hydrogen-bond acceptors (Lipinski definition) is 5. The van der Waals surface area contributed by atoms with E-state index in [1.807, 2.05) is 24.4 Å². The van der Waals surface area contributed by atoms with Crippen molar-refractivity contribution >= 4 is 22.9 Å². The molecule has 2 rings (SSSR count). The molecule has 0 unspecified atom stereocenters. The van der Waals surface area contributed by atoms with Crippen LogP contribution in [0.4, 0.5) is 5.69 Å². The number of ether oxygens (including phenoxy) is 1. The smallest absolute Gasteiger partial charge is 0.242 e. The zero-order valence-corrected chi connectivity index (χ0v) is 12.9. The van der Waals surface area contributed by atoms with Gasteiger partial charge in [0.05, 0.1) is 19.0 Å². The minimum absolute atomic E-state index is 0.0256. The van der Waals surface area contributed by atoms with E-state index in [1.54, 1.807) is 30.7 Å². The molecule has 6 heteroatoms. The number of thiophene rings is 1. The number of carbonyl (C=O) groups excluding carboxylic acids is 1. The fourth-order valence-corrected chi connectivity index (χ4v) is 2.53. The van der Waals surface area contributed by atoms with Crippen LogP contribution in [0.3, 0.4) is 0 Å². The zero-order chi connectivity index (χ0) is 15.1. The number of carbonyl (C=O) groups is 1. The predicted octanol–water partition coefficient (Wildman–Crippen LogP) is 2.31. The molecule has 2 N–H and O–H groups in total. The van der Waals surface area contributed by atoms with Crippen LogP contribution in [0.2, 0.25) is 0 Å². The van der Waals surface area contributed by atoms with Crippen molar-refractivity contribution in [1.29, 1.82) is 0 Å². The number of nitrogens with zero attached hydrogens (tertiary/aromatic N) is 1. The maximum atomic E-state index is 12.0. The molecule has 0 aliphatic rings. The van der Waals surface area contributed by atoms with Crippen LogP contribution in [0.25, 0.3) is 0 Å². The number of amides is 1. The number of pyridine rings is 1. The quantitative estimate of drug-likeness (QED) is 0.824. The Kier molecular flexibility index (Phi) is 5.57. The van der Waals surface area contributed by atoms with Crippen molar-refractivity contribution in [3.05, 3.63) is 40.7 Å². The summed E-state index contributed by atoms with van der Waals surface area (Å²) in [5.41, 5.74) is 0.789. The van der Waals surface area contributed by atoms with Crippen molar-refractivity contribution in [3.63, 3.8) is 0 Å². The fraction of sp³-hybridized carbons (Fsp3) is 0.333. The van der Waals surface area contributed by atoms with Crippen molar-refractivity contribution in [2.24, 2.45) is 0 Å². The Morgan fingerprint density at radius 2 is 2.29 bits per heavy atom. The molecule has 0 spiro atoms. The molecule has 0 saturated heterocycles. The van der Waals surface area contributed by atoms with Gasteiger partial charge in [0, 0.05) is 17.5 Å². The molecule has 5 nitrogen and oxygen atoms in total. The summed E-state index contributed by atoms with van der Waals surface area (Å²) in [5.74, 6) is 0.524. The highest BCUT2D eigenvalue weighted by molar-refractivity contribution is 7.09. The van der Waals surface area contributed by atoms with E-state index >= 15 is 0 Å². The third-order valence-electron chi connectivity index (χ3n) is 2.97. The van der Waals surface area contributed by atoms with E-state index in [1.165, 1.54) is 4.88 Å². The average molecular weight is 305 g/mol. The summed E-state index contributed by atoms with van der Waals surface area (Å²) >= 11 is 1.70. The molecule has 2 heterocycles. The second-order valence-corrected chi connectivity index (χ2v) is 5.61. The Morgan fingerprint density at radius 1 is 1.43 bits per heavy atom. The summed E-state index contributed by atoms with van der Waals surface area (Å²) in [6, 6.07) is 7.36. The number of anilines is 1. The van der Waals surface area contributed by atoms with Crippen LogP contribution in [-0.4, -0.2) is 30.6 Å². The molecular formula is C15H19N3O2S. The fourth-order valence-electron chi connectivity index (χ4n) is 1.82. The molecule has 0 bridgehead atoms. The molecule has 0 aliphatic heterocycles. The van der Waals surface area contributed by atoms with Gasteiger partial charge in [0.25, 0.3) is 0 Å². The van der Waals surface area contributed by atoms with Crippen LogP contribution in [0.1, 0.15) is 11.8 Å². The van der Waals surface area contributed by atoms with Crippen molar-refractivity contribution in [1.82, 2.24) is 10.3 Å². The van der Waals surface area contributed by atoms with Crippen LogP contribution in [0, 0.1) is 0 Å². The van der Waals surface area contributed by atoms with Gasteiger partial charge in [-0.05, 0) is 30.9 Å². The summed E-state index contributed by atoms with van der Waals surface area (Å²) in [6.07, 6.45) is 2.51. The van der Waals surface area contributed by atoms with Crippen LogP contribution < -0.4 is 15.4 Å². The van der Waals surface area contributed by atoms with Gasteiger partial charge in [-0.1, -0.05) is 6.07 Å². The SMILES string of the molecule is COc1ccc(N[C@@H](C)C(=O)NCCc2cccs2)cn1. The van der Waals surface area contributed by atoms with E-state index < -0.39 is 0 Å². The number of nitrogens with one attached hydrogen (secondary N) is 2. The van der Waals surface area contributed by atoms with Crippen molar-refractivity contribution in [2.75, 3.05) is 19.0 Å². The van der Waals surface area contributed by atoms with Crippen LogP contribution in [0.15, 0.2) is 35.8 Å². The van der Waals surface area contributed by atoms with Gasteiger partial charge in [-0.3, -0.25) is 4.79 Å². The molecule has 2 aromatic heterocycles. The summed E-state index contributed by atoms with van der Waals surface area (Å²) in [5, 5.41) is 8.07. The summed E-state index contributed by atoms with van der Waals surface area (Å²) < 4.78 is 4.99. The first kappa shape index (κ1) is 15.3. The van der Waals surface area contributed by atoms with Gasteiger partial charge in [0.2, 0.25) is 11.8 Å². The number of methoxy groups -OCH3 is 1. The highest BCUT2D eigenvalue weighted by Crippen LogP contribution is 2.12. The summed E-state index contributed by atoms with van der Waals surface area (Å²) in [6.45, 7) is 2.47. The number of rotatable bonds is 7. The summed E-state index contributed by atoms with van der Waals surface area (Å²) in [7, 11) is 1.57.